The molecule has 0 atom stereocenters. The van der Waals surface area contributed by atoms with Gasteiger partial charge in [0.2, 0.25) is 5.91 Å². The molecular formula is C14H22N2O. The first-order chi connectivity index (χ1) is 8.18. The Kier molecular flexibility index (Phi) is 6.33. The van der Waals surface area contributed by atoms with Crippen LogP contribution in [0.2, 0.25) is 0 Å². The highest BCUT2D eigenvalue weighted by Gasteiger charge is 2.01. The number of benzene rings is 1. The Bertz CT molecular complexity index is 322. The van der Waals surface area contributed by atoms with E-state index in [1.807, 2.05) is 32.3 Å². The molecule has 0 aliphatic rings. The standard InChI is InChI=1S/C14H22N2O/c1-16(2)12-6-11-15-14(17)10-9-13-7-4-3-5-8-13/h3-5,7-8H,6,9-12H2,1-2H3,(H,15,17). The Hall–Kier alpha value is -1.35. The number of rotatable bonds is 7. The van der Waals surface area contributed by atoms with Crippen LogP contribution in [0, 0.1) is 0 Å². The molecule has 0 aliphatic carbocycles. The Morgan fingerprint density at radius 2 is 1.94 bits per heavy atom. The summed E-state index contributed by atoms with van der Waals surface area (Å²) in [4.78, 5) is 13.7. The molecule has 1 amide bonds. The predicted molar refractivity (Wildman–Crippen MR) is 70.9 cm³/mol. The van der Waals surface area contributed by atoms with Crippen molar-refractivity contribution in [1.29, 1.82) is 0 Å². The van der Waals surface area contributed by atoms with Gasteiger partial charge in [0.25, 0.3) is 0 Å². The molecule has 3 nitrogen and oxygen atoms in total. The highest BCUT2D eigenvalue weighted by atomic mass is 16.1. The largest absolute Gasteiger partial charge is 0.356 e. The van der Waals surface area contributed by atoms with Crippen LogP contribution in [0.25, 0.3) is 0 Å². The minimum absolute atomic E-state index is 0.146. The maximum atomic E-state index is 11.5. The van der Waals surface area contributed by atoms with Crippen LogP contribution in [0.4, 0.5) is 0 Å². The Labute approximate surface area is 104 Å². The fourth-order valence-electron chi connectivity index (χ4n) is 1.61. The molecule has 1 aromatic rings. The number of aryl methyl sites for hydroxylation is 1. The quantitative estimate of drug-likeness (QED) is 0.728. The molecule has 94 valence electrons. The summed E-state index contributed by atoms with van der Waals surface area (Å²) in [5.41, 5.74) is 1.22. The van der Waals surface area contributed by atoms with E-state index in [-0.39, 0.29) is 5.91 Å². The van der Waals surface area contributed by atoms with Crippen molar-refractivity contribution in [3.8, 4) is 0 Å². The molecule has 0 bridgehead atoms. The van der Waals surface area contributed by atoms with Gasteiger partial charge in [0.15, 0.2) is 0 Å². The summed E-state index contributed by atoms with van der Waals surface area (Å²) in [6.45, 7) is 1.78. The van der Waals surface area contributed by atoms with Crippen molar-refractivity contribution >= 4 is 5.91 Å². The molecule has 0 spiro atoms. The van der Waals surface area contributed by atoms with Crippen LogP contribution in [-0.4, -0.2) is 38.0 Å². The second kappa shape index (κ2) is 7.85. The summed E-state index contributed by atoms with van der Waals surface area (Å²) in [5.74, 6) is 0.146. The van der Waals surface area contributed by atoms with Gasteiger partial charge in [-0.25, -0.2) is 0 Å². The van der Waals surface area contributed by atoms with Gasteiger partial charge in [-0.2, -0.15) is 0 Å². The second-order valence-corrected chi connectivity index (χ2v) is 4.49. The molecule has 0 unspecified atom stereocenters. The van der Waals surface area contributed by atoms with Gasteiger partial charge < -0.3 is 10.2 Å². The number of carbonyl (C=O) groups is 1. The Morgan fingerprint density at radius 1 is 1.24 bits per heavy atom. The van der Waals surface area contributed by atoms with Crippen molar-refractivity contribution in [3.05, 3.63) is 35.9 Å². The monoisotopic (exact) mass is 234 g/mol. The molecule has 1 N–H and O–H groups in total. The van der Waals surface area contributed by atoms with E-state index in [1.54, 1.807) is 0 Å². The van der Waals surface area contributed by atoms with E-state index in [0.717, 1.165) is 25.9 Å². The fourth-order valence-corrected chi connectivity index (χ4v) is 1.61. The van der Waals surface area contributed by atoms with Crippen LogP contribution in [0.3, 0.4) is 0 Å². The highest BCUT2D eigenvalue weighted by Crippen LogP contribution is 2.01. The smallest absolute Gasteiger partial charge is 0.220 e. The summed E-state index contributed by atoms with van der Waals surface area (Å²) >= 11 is 0. The summed E-state index contributed by atoms with van der Waals surface area (Å²) in [6, 6.07) is 10.1. The van der Waals surface area contributed by atoms with Gasteiger partial charge >= 0.3 is 0 Å². The molecule has 1 aromatic carbocycles. The number of nitrogens with zero attached hydrogens (tertiary/aromatic N) is 1. The first kappa shape index (κ1) is 13.7. The van der Waals surface area contributed by atoms with Gasteiger partial charge in [0, 0.05) is 13.0 Å². The number of hydrogen-bond acceptors (Lipinski definition) is 2. The van der Waals surface area contributed by atoms with Gasteiger partial charge in [0.05, 0.1) is 0 Å². The third kappa shape index (κ3) is 6.74. The van der Waals surface area contributed by atoms with Crippen molar-refractivity contribution < 1.29 is 4.79 Å². The molecule has 0 radical (unpaired) electrons. The van der Waals surface area contributed by atoms with E-state index in [4.69, 9.17) is 0 Å². The molecule has 0 aliphatic heterocycles. The molecule has 1 rings (SSSR count). The molecule has 0 saturated heterocycles. The van der Waals surface area contributed by atoms with Gasteiger partial charge in [-0.3, -0.25) is 4.79 Å². The van der Waals surface area contributed by atoms with E-state index in [9.17, 15) is 4.79 Å². The Morgan fingerprint density at radius 3 is 2.59 bits per heavy atom. The number of hydrogen-bond donors (Lipinski definition) is 1. The number of carbonyl (C=O) groups excluding carboxylic acids is 1. The molecule has 0 fully saturated rings. The van der Waals surface area contributed by atoms with E-state index in [1.165, 1.54) is 5.56 Å². The minimum Gasteiger partial charge on any atom is -0.356 e. The maximum Gasteiger partial charge on any atom is 0.220 e. The topological polar surface area (TPSA) is 32.3 Å². The van der Waals surface area contributed by atoms with E-state index < -0.39 is 0 Å². The lowest BCUT2D eigenvalue weighted by molar-refractivity contribution is -0.121. The summed E-state index contributed by atoms with van der Waals surface area (Å²) < 4.78 is 0. The van der Waals surface area contributed by atoms with Crippen LogP contribution >= 0.6 is 0 Å². The first-order valence-corrected chi connectivity index (χ1v) is 6.14. The minimum atomic E-state index is 0.146. The average Bonchev–Trinajstić information content (AvgIpc) is 2.33. The lowest BCUT2D eigenvalue weighted by Gasteiger charge is -2.09. The van der Waals surface area contributed by atoms with Gasteiger partial charge in [-0.1, -0.05) is 30.3 Å². The van der Waals surface area contributed by atoms with Crippen LogP contribution in [0.1, 0.15) is 18.4 Å². The summed E-state index contributed by atoms with van der Waals surface area (Å²) in [6.07, 6.45) is 2.40. The molecule has 0 heterocycles. The van der Waals surface area contributed by atoms with Gasteiger partial charge in [-0.15, -0.1) is 0 Å². The van der Waals surface area contributed by atoms with Crippen LogP contribution in [0.15, 0.2) is 30.3 Å². The van der Waals surface area contributed by atoms with E-state index in [2.05, 4.69) is 22.3 Å². The Balaban J connectivity index is 2.09. The van der Waals surface area contributed by atoms with Crippen molar-refractivity contribution in [2.45, 2.75) is 19.3 Å². The van der Waals surface area contributed by atoms with Crippen molar-refractivity contribution in [2.75, 3.05) is 27.2 Å². The zero-order valence-corrected chi connectivity index (χ0v) is 10.8. The van der Waals surface area contributed by atoms with Crippen molar-refractivity contribution in [3.63, 3.8) is 0 Å². The number of nitrogens with one attached hydrogen (secondary N) is 1. The molecule has 3 heteroatoms. The van der Waals surface area contributed by atoms with Gasteiger partial charge in [0.1, 0.15) is 0 Å². The zero-order chi connectivity index (χ0) is 12.5. The lowest BCUT2D eigenvalue weighted by Crippen LogP contribution is -2.27. The molecule has 17 heavy (non-hydrogen) atoms. The van der Waals surface area contributed by atoms with Crippen LogP contribution in [0.5, 0.6) is 0 Å². The van der Waals surface area contributed by atoms with Gasteiger partial charge in [-0.05, 0) is 39.0 Å². The summed E-state index contributed by atoms with van der Waals surface area (Å²) in [5, 5.41) is 2.94. The normalized spacial score (nSPS) is 10.5. The lowest BCUT2D eigenvalue weighted by atomic mass is 10.1. The molecule has 0 aromatic heterocycles. The fraction of sp³-hybridized carbons (Fsp3) is 0.500. The van der Waals surface area contributed by atoms with Crippen LogP contribution in [-0.2, 0) is 11.2 Å². The predicted octanol–water partition coefficient (Wildman–Crippen LogP) is 1.69. The van der Waals surface area contributed by atoms with E-state index >= 15 is 0 Å². The van der Waals surface area contributed by atoms with Crippen LogP contribution < -0.4 is 5.32 Å². The third-order valence-corrected chi connectivity index (χ3v) is 2.59. The van der Waals surface area contributed by atoms with E-state index in [0.29, 0.717) is 6.42 Å². The average molecular weight is 234 g/mol. The van der Waals surface area contributed by atoms with Crippen molar-refractivity contribution in [1.82, 2.24) is 10.2 Å². The highest BCUT2D eigenvalue weighted by molar-refractivity contribution is 5.76. The number of amides is 1. The first-order valence-electron chi connectivity index (χ1n) is 6.14. The van der Waals surface area contributed by atoms with Crippen molar-refractivity contribution in [2.24, 2.45) is 0 Å². The third-order valence-electron chi connectivity index (χ3n) is 2.59. The second-order valence-electron chi connectivity index (χ2n) is 4.49. The SMILES string of the molecule is CN(C)CCCNC(=O)CCc1ccccc1. The summed E-state index contributed by atoms with van der Waals surface area (Å²) in [7, 11) is 4.08. The zero-order valence-electron chi connectivity index (χ0n) is 10.8. The maximum absolute atomic E-state index is 11.5. The molecule has 0 saturated carbocycles. The molecular weight excluding hydrogens is 212 g/mol.